The lowest BCUT2D eigenvalue weighted by Crippen LogP contribution is -2.55. The summed E-state index contributed by atoms with van der Waals surface area (Å²) >= 11 is 3.29. The van der Waals surface area contributed by atoms with Gasteiger partial charge in [0.25, 0.3) is 15.9 Å². The number of nitrogens with zero attached hydrogens (tertiary/aromatic N) is 1. The van der Waals surface area contributed by atoms with Crippen LogP contribution in [-0.4, -0.2) is 44.3 Å². The standard InChI is InChI=1S/C18H18BrN3O4S/c1-12-17(23)20-9-10-22(12)18(24)13-3-2-4-16(11-13)27(25,26)21-15-7-5-14(19)6-8-15/h2-8,11-12,21H,9-10H2,1H3,(H,20,23)/t12-/m1/s1. The second kappa shape index (κ2) is 7.69. The van der Waals surface area contributed by atoms with E-state index < -0.39 is 16.1 Å². The van der Waals surface area contributed by atoms with E-state index in [-0.39, 0.29) is 22.3 Å². The smallest absolute Gasteiger partial charge is 0.261 e. The largest absolute Gasteiger partial charge is 0.353 e. The molecule has 2 amide bonds. The Balaban J connectivity index is 1.85. The van der Waals surface area contributed by atoms with Crippen LogP contribution in [0.1, 0.15) is 17.3 Å². The fourth-order valence-electron chi connectivity index (χ4n) is 2.75. The van der Waals surface area contributed by atoms with E-state index in [4.69, 9.17) is 0 Å². The van der Waals surface area contributed by atoms with Crippen molar-refractivity contribution in [1.82, 2.24) is 10.2 Å². The first-order chi connectivity index (χ1) is 12.8. The molecule has 0 unspecified atom stereocenters. The van der Waals surface area contributed by atoms with E-state index in [1.165, 1.54) is 23.1 Å². The molecule has 27 heavy (non-hydrogen) atoms. The second-order valence-corrected chi connectivity index (χ2v) is 8.70. The first-order valence-corrected chi connectivity index (χ1v) is 10.5. The molecule has 0 spiro atoms. The van der Waals surface area contributed by atoms with E-state index in [0.717, 1.165) is 4.47 Å². The highest BCUT2D eigenvalue weighted by Crippen LogP contribution is 2.20. The van der Waals surface area contributed by atoms with Crippen molar-refractivity contribution in [2.75, 3.05) is 17.8 Å². The van der Waals surface area contributed by atoms with Crippen molar-refractivity contribution in [1.29, 1.82) is 0 Å². The zero-order valence-electron chi connectivity index (χ0n) is 14.5. The summed E-state index contributed by atoms with van der Waals surface area (Å²) in [6.45, 7) is 2.39. The quantitative estimate of drug-likeness (QED) is 0.744. The topological polar surface area (TPSA) is 95.6 Å². The van der Waals surface area contributed by atoms with Crippen LogP contribution in [0.15, 0.2) is 57.9 Å². The van der Waals surface area contributed by atoms with Gasteiger partial charge in [0.05, 0.1) is 4.90 Å². The summed E-state index contributed by atoms with van der Waals surface area (Å²) in [5.74, 6) is -0.603. The predicted octanol–water partition coefficient (Wildman–Crippen LogP) is 2.21. The van der Waals surface area contributed by atoms with E-state index in [2.05, 4.69) is 26.0 Å². The molecule has 1 fully saturated rings. The van der Waals surface area contributed by atoms with Crippen molar-refractivity contribution >= 4 is 43.5 Å². The minimum Gasteiger partial charge on any atom is -0.353 e. The summed E-state index contributed by atoms with van der Waals surface area (Å²) in [4.78, 5) is 25.9. The van der Waals surface area contributed by atoms with E-state index in [1.54, 1.807) is 37.3 Å². The molecular formula is C18H18BrN3O4S. The molecule has 0 aliphatic carbocycles. The normalized spacial score (nSPS) is 17.3. The van der Waals surface area contributed by atoms with Gasteiger partial charge in [0, 0.05) is 28.8 Å². The molecule has 9 heteroatoms. The van der Waals surface area contributed by atoms with E-state index >= 15 is 0 Å². The number of halogens is 1. The summed E-state index contributed by atoms with van der Waals surface area (Å²) in [5, 5.41) is 2.69. The number of rotatable bonds is 4. The van der Waals surface area contributed by atoms with Crippen LogP contribution >= 0.6 is 15.9 Å². The number of benzene rings is 2. The highest BCUT2D eigenvalue weighted by atomic mass is 79.9. The predicted molar refractivity (Wildman–Crippen MR) is 105 cm³/mol. The lowest BCUT2D eigenvalue weighted by molar-refractivity contribution is -0.127. The van der Waals surface area contributed by atoms with Crippen LogP contribution in [0.3, 0.4) is 0 Å². The van der Waals surface area contributed by atoms with Crippen molar-refractivity contribution in [3.63, 3.8) is 0 Å². The van der Waals surface area contributed by atoms with Gasteiger partial charge in [-0.1, -0.05) is 22.0 Å². The van der Waals surface area contributed by atoms with E-state index in [9.17, 15) is 18.0 Å². The minimum atomic E-state index is -3.85. The lowest BCUT2D eigenvalue weighted by Gasteiger charge is -2.32. The third kappa shape index (κ3) is 4.30. The maximum absolute atomic E-state index is 12.8. The van der Waals surface area contributed by atoms with Gasteiger partial charge in [0.1, 0.15) is 6.04 Å². The summed E-state index contributed by atoms with van der Waals surface area (Å²) < 4.78 is 28.6. The Labute approximate surface area is 165 Å². The zero-order valence-corrected chi connectivity index (χ0v) is 16.9. The summed E-state index contributed by atoms with van der Waals surface area (Å²) in [6.07, 6.45) is 0. The van der Waals surface area contributed by atoms with Crippen molar-refractivity contribution in [2.24, 2.45) is 0 Å². The molecule has 0 saturated carbocycles. The van der Waals surface area contributed by atoms with Crippen molar-refractivity contribution in [2.45, 2.75) is 17.9 Å². The van der Waals surface area contributed by atoms with Crippen molar-refractivity contribution in [3.05, 3.63) is 58.6 Å². The molecule has 1 saturated heterocycles. The Hall–Kier alpha value is -2.39. The Morgan fingerprint density at radius 2 is 1.93 bits per heavy atom. The molecule has 2 aromatic rings. The molecule has 2 aromatic carbocycles. The molecule has 0 aromatic heterocycles. The van der Waals surface area contributed by atoms with Gasteiger partial charge in [-0.25, -0.2) is 8.42 Å². The minimum absolute atomic E-state index is 0.0228. The van der Waals surface area contributed by atoms with Crippen LogP contribution < -0.4 is 10.0 Å². The average molecular weight is 452 g/mol. The fourth-order valence-corrected chi connectivity index (χ4v) is 4.12. The Morgan fingerprint density at radius 1 is 1.22 bits per heavy atom. The number of hydrogen-bond donors (Lipinski definition) is 2. The van der Waals surface area contributed by atoms with Gasteiger partial charge in [-0.15, -0.1) is 0 Å². The molecule has 0 radical (unpaired) electrons. The van der Waals surface area contributed by atoms with Gasteiger partial charge in [0.2, 0.25) is 5.91 Å². The molecule has 1 atom stereocenters. The van der Waals surface area contributed by atoms with Gasteiger partial charge in [-0.05, 0) is 49.4 Å². The zero-order chi connectivity index (χ0) is 19.6. The maximum atomic E-state index is 12.8. The molecule has 142 valence electrons. The molecule has 2 N–H and O–H groups in total. The van der Waals surface area contributed by atoms with Crippen LogP contribution in [0.5, 0.6) is 0 Å². The van der Waals surface area contributed by atoms with Crippen LogP contribution in [-0.2, 0) is 14.8 Å². The Morgan fingerprint density at radius 3 is 2.63 bits per heavy atom. The van der Waals surface area contributed by atoms with Crippen molar-refractivity contribution in [3.8, 4) is 0 Å². The third-order valence-electron chi connectivity index (χ3n) is 4.25. The number of anilines is 1. The molecule has 1 aliphatic rings. The lowest BCUT2D eigenvalue weighted by atomic mass is 10.1. The number of piperazine rings is 1. The monoisotopic (exact) mass is 451 g/mol. The highest BCUT2D eigenvalue weighted by Gasteiger charge is 2.30. The van der Waals surface area contributed by atoms with Gasteiger partial charge < -0.3 is 10.2 Å². The van der Waals surface area contributed by atoms with Gasteiger partial charge in [-0.3, -0.25) is 14.3 Å². The van der Waals surface area contributed by atoms with Crippen LogP contribution in [0.25, 0.3) is 0 Å². The number of sulfonamides is 1. The van der Waals surface area contributed by atoms with Gasteiger partial charge in [0.15, 0.2) is 0 Å². The van der Waals surface area contributed by atoms with Crippen LogP contribution in [0.2, 0.25) is 0 Å². The SMILES string of the molecule is C[C@@H]1C(=O)NCCN1C(=O)c1cccc(S(=O)(=O)Nc2ccc(Br)cc2)c1. The number of carbonyl (C=O) groups excluding carboxylic acids is 2. The molecule has 1 aliphatic heterocycles. The average Bonchev–Trinajstić information content (AvgIpc) is 2.65. The van der Waals surface area contributed by atoms with E-state index in [1.807, 2.05) is 0 Å². The van der Waals surface area contributed by atoms with Crippen molar-refractivity contribution < 1.29 is 18.0 Å². The summed E-state index contributed by atoms with van der Waals surface area (Å²) in [5.41, 5.74) is 0.631. The van der Waals surface area contributed by atoms with E-state index in [0.29, 0.717) is 18.8 Å². The summed E-state index contributed by atoms with van der Waals surface area (Å²) in [7, 11) is -3.85. The maximum Gasteiger partial charge on any atom is 0.261 e. The fraction of sp³-hybridized carbons (Fsp3) is 0.222. The molecule has 1 heterocycles. The number of nitrogens with one attached hydrogen (secondary N) is 2. The highest BCUT2D eigenvalue weighted by molar-refractivity contribution is 9.10. The number of carbonyl (C=O) groups is 2. The molecule has 7 nitrogen and oxygen atoms in total. The Kier molecular flexibility index (Phi) is 5.52. The Bertz CT molecular complexity index is 976. The van der Waals surface area contributed by atoms with Crippen LogP contribution in [0.4, 0.5) is 5.69 Å². The first kappa shape index (κ1) is 19.4. The van der Waals surface area contributed by atoms with Gasteiger partial charge >= 0.3 is 0 Å². The molecular weight excluding hydrogens is 434 g/mol. The molecule has 3 rings (SSSR count). The third-order valence-corrected chi connectivity index (χ3v) is 6.16. The first-order valence-electron chi connectivity index (χ1n) is 8.25. The second-order valence-electron chi connectivity index (χ2n) is 6.11. The number of hydrogen-bond acceptors (Lipinski definition) is 4. The summed E-state index contributed by atoms with van der Waals surface area (Å²) in [6, 6.07) is 11.9. The van der Waals surface area contributed by atoms with Gasteiger partial charge in [-0.2, -0.15) is 0 Å². The molecule has 0 bridgehead atoms. The number of amides is 2. The van der Waals surface area contributed by atoms with Crippen LogP contribution in [0, 0.1) is 0 Å².